The van der Waals surface area contributed by atoms with E-state index < -0.39 is 0 Å². The van der Waals surface area contributed by atoms with Gasteiger partial charge in [-0.1, -0.05) is 36.4 Å². The molecule has 2 heterocycles. The summed E-state index contributed by atoms with van der Waals surface area (Å²) in [5.74, 6) is 0.100. The molecule has 0 unspecified atom stereocenters. The minimum Gasteiger partial charge on any atom is -0.361 e. The van der Waals surface area contributed by atoms with Gasteiger partial charge in [0.05, 0.1) is 6.54 Å². The summed E-state index contributed by atoms with van der Waals surface area (Å²) in [5, 5.41) is 4.30. The molecule has 3 aromatic rings. The highest BCUT2D eigenvalue weighted by Gasteiger charge is 2.20. The fraction of sp³-hybridized carbons (Fsp3) is 0.286. The number of hydrogen-bond acceptors (Lipinski definition) is 2. The number of aryl methyl sites for hydroxylation is 1. The van der Waals surface area contributed by atoms with Crippen molar-refractivity contribution in [2.45, 2.75) is 26.4 Å². The van der Waals surface area contributed by atoms with Crippen LogP contribution in [0.1, 0.15) is 22.3 Å². The van der Waals surface area contributed by atoms with Crippen LogP contribution in [-0.2, 0) is 24.3 Å². The molecule has 1 aliphatic heterocycles. The lowest BCUT2D eigenvalue weighted by Crippen LogP contribution is -2.35. The van der Waals surface area contributed by atoms with E-state index in [-0.39, 0.29) is 5.91 Å². The third kappa shape index (κ3) is 3.44. The Labute approximate surface area is 147 Å². The first-order valence-electron chi connectivity index (χ1n) is 8.81. The Morgan fingerprint density at radius 2 is 1.92 bits per heavy atom. The Kier molecular flexibility index (Phi) is 4.28. The lowest BCUT2D eigenvalue weighted by atomic mass is 10.1. The Morgan fingerprint density at radius 3 is 2.68 bits per heavy atom. The van der Waals surface area contributed by atoms with E-state index in [1.807, 2.05) is 6.20 Å². The number of aromatic nitrogens is 1. The van der Waals surface area contributed by atoms with Crippen molar-refractivity contribution in [3.8, 4) is 0 Å². The Bertz CT molecular complexity index is 887. The average molecular weight is 333 g/mol. The molecule has 0 spiro atoms. The maximum atomic E-state index is 12.2. The molecule has 0 radical (unpaired) electrons. The molecule has 4 nitrogen and oxygen atoms in total. The number of benzene rings is 2. The van der Waals surface area contributed by atoms with Gasteiger partial charge in [-0.2, -0.15) is 0 Å². The zero-order chi connectivity index (χ0) is 17.2. The normalized spacial score (nSPS) is 14.0. The molecular formula is C21H23N3O. The molecule has 0 fully saturated rings. The smallest absolute Gasteiger partial charge is 0.234 e. The monoisotopic (exact) mass is 333 g/mol. The van der Waals surface area contributed by atoms with Crippen LogP contribution in [-0.4, -0.2) is 28.9 Å². The highest BCUT2D eigenvalue weighted by atomic mass is 16.2. The van der Waals surface area contributed by atoms with E-state index in [0.717, 1.165) is 25.0 Å². The van der Waals surface area contributed by atoms with Gasteiger partial charge < -0.3 is 10.3 Å². The summed E-state index contributed by atoms with van der Waals surface area (Å²) in [5.41, 5.74) is 6.34. The summed E-state index contributed by atoms with van der Waals surface area (Å²) < 4.78 is 0. The molecule has 1 aliphatic rings. The van der Waals surface area contributed by atoms with E-state index >= 15 is 0 Å². The second kappa shape index (κ2) is 6.73. The van der Waals surface area contributed by atoms with Gasteiger partial charge in [-0.3, -0.25) is 9.69 Å². The van der Waals surface area contributed by atoms with Crippen molar-refractivity contribution in [1.82, 2.24) is 15.2 Å². The Hall–Kier alpha value is -2.59. The molecular weight excluding hydrogens is 310 g/mol. The summed E-state index contributed by atoms with van der Waals surface area (Å²) in [7, 11) is 0. The fourth-order valence-corrected chi connectivity index (χ4v) is 3.62. The number of carbonyl (C=O) groups excluding carboxylic acids is 1. The number of rotatable bonds is 5. The molecule has 0 atom stereocenters. The molecule has 0 saturated carbocycles. The van der Waals surface area contributed by atoms with Crippen molar-refractivity contribution in [2.75, 3.05) is 13.1 Å². The van der Waals surface area contributed by atoms with E-state index in [2.05, 4.69) is 64.6 Å². The van der Waals surface area contributed by atoms with Gasteiger partial charge in [-0.15, -0.1) is 0 Å². The summed E-state index contributed by atoms with van der Waals surface area (Å²) in [6.07, 6.45) is 2.89. The Morgan fingerprint density at radius 1 is 1.16 bits per heavy atom. The predicted molar refractivity (Wildman–Crippen MR) is 100 cm³/mol. The highest BCUT2D eigenvalue weighted by molar-refractivity contribution is 5.84. The third-order valence-corrected chi connectivity index (χ3v) is 4.91. The van der Waals surface area contributed by atoms with Gasteiger partial charge in [0.2, 0.25) is 5.91 Å². The van der Waals surface area contributed by atoms with Crippen molar-refractivity contribution in [1.29, 1.82) is 0 Å². The number of nitrogens with zero attached hydrogens (tertiary/aromatic N) is 1. The molecule has 1 amide bonds. The lowest BCUT2D eigenvalue weighted by Gasteiger charge is -2.14. The van der Waals surface area contributed by atoms with Crippen LogP contribution in [0.2, 0.25) is 0 Å². The molecule has 1 aromatic heterocycles. The van der Waals surface area contributed by atoms with E-state index in [4.69, 9.17) is 0 Å². The molecule has 0 saturated heterocycles. The lowest BCUT2D eigenvalue weighted by molar-refractivity contribution is -0.122. The number of aromatic amines is 1. The van der Waals surface area contributed by atoms with Crippen LogP contribution in [0.4, 0.5) is 0 Å². The second-order valence-electron chi connectivity index (χ2n) is 6.88. The minimum absolute atomic E-state index is 0.100. The standard InChI is InChI=1S/C21H23N3O/c1-15-6-7-19-16(11-23-20(19)10-15)8-9-22-21(25)14-24-12-17-4-2-3-5-18(17)13-24/h2-7,10-11,23H,8-9,12-14H2,1H3,(H,22,25). The summed E-state index contributed by atoms with van der Waals surface area (Å²) >= 11 is 0. The zero-order valence-electron chi connectivity index (χ0n) is 14.5. The number of hydrogen-bond donors (Lipinski definition) is 2. The molecule has 25 heavy (non-hydrogen) atoms. The minimum atomic E-state index is 0.100. The number of amides is 1. The number of nitrogens with one attached hydrogen (secondary N) is 2. The maximum Gasteiger partial charge on any atom is 0.234 e. The average Bonchev–Trinajstić information content (AvgIpc) is 3.17. The van der Waals surface area contributed by atoms with E-state index in [1.165, 1.54) is 27.6 Å². The second-order valence-corrected chi connectivity index (χ2v) is 6.88. The zero-order valence-corrected chi connectivity index (χ0v) is 14.5. The van der Waals surface area contributed by atoms with Crippen LogP contribution in [0.5, 0.6) is 0 Å². The molecule has 0 bridgehead atoms. The van der Waals surface area contributed by atoms with Crippen LogP contribution in [0.25, 0.3) is 10.9 Å². The number of fused-ring (bicyclic) bond motifs is 2. The largest absolute Gasteiger partial charge is 0.361 e. The van der Waals surface area contributed by atoms with Crippen LogP contribution in [0.3, 0.4) is 0 Å². The van der Waals surface area contributed by atoms with Crippen LogP contribution in [0.15, 0.2) is 48.7 Å². The molecule has 4 rings (SSSR count). The predicted octanol–water partition coefficient (Wildman–Crippen LogP) is 3.15. The molecule has 4 heteroatoms. The first-order valence-corrected chi connectivity index (χ1v) is 8.81. The van der Waals surface area contributed by atoms with Gasteiger partial charge in [0.1, 0.15) is 0 Å². The summed E-state index contributed by atoms with van der Waals surface area (Å²) in [6, 6.07) is 14.8. The third-order valence-electron chi connectivity index (χ3n) is 4.91. The van der Waals surface area contributed by atoms with Crippen molar-refractivity contribution in [2.24, 2.45) is 0 Å². The number of H-pyrrole nitrogens is 1. The van der Waals surface area contributed by atoms with Gasteiger partial charge in [0, 0.05) is 36.7 Å². The van der Waals surface area contributed by atoms with Gasteiger partial charge >= 0.3 is 0 Å². The molecule has 0 aliphatic carbocycles. The number of carbonyl (C=O) groups is 1. The van der Waals surface area contributed by atoms with Gasteiger partial charge in [0.15, 0.2) is 0 Å². The maximum absolute atomic E-state index is 12.2. The van der Waals surface area contributed by atoms with Crippen molar-refractivity contribution < 1.29 is 4.79 Å². The van der Waals surface area contributed by atoms with Crippen LogP contribution < -0.4 is 5.32 Å². The van der Waals surface area contributed by atoms with Crippen molar-refractivity contribution >= 4 is 16.8 Å². The highest BCUT2D eigenvalue weighted by Crippen LogP contribution is 2.22. The topological polar surface area (TPSA) is 48.1 Å². The fourth-order valence-electron chi connectivity index (χ4n) is 3.62. The quantitative estimate of drug-likeness (QED) is 0.753. The van der Waals surface area contributed by atoms with Gasteiger partial charge in [-0.25, -0.2) is 0 Å². The van der Waals surface area contributed by atoms with E-state index in [0.29, 0.717) is 13.1 Å². The summed E-state index contributed by atoms with van der Waals surface area (Å²) in [4.78, 5) is 17.7. The van der Waals surface area contributed by atoms with Gasteiger partial charge in [0.25, 0.3) is 0 Å². The van der Waals surface area contributed by atoms with E-state index in [1.54, 1.807) is 0 Å². The first-order chi connectivity index (χ1) is 12.2. The SMILES string of the molecule is Cc1ccc2c(CCNC(=O)CN3Cc4ccccc4C3)c[nH]c2c1. The van der Waals surface area contributed by atoms with Crippen LogP contribution >= 0.6 is 0 Å². The van der Waals surface area contributed by atoms with Crippen molar-refractivity contribution in [3.63, 3.8) is 0 Å². The van der Waals surface area contributed by atoms with Crippen molar-refractivity contribution in [3.05, 3.63) is 70.9 Å². The summed E-state index contributed by atoms with van der Waals surface area (Å²) in [6.45, 7) is 4.95. The molecule has 2 aromatic carbocycles. The molecule has 2 N–H and O–H groups in total. The van der Waals surface area contributed by atoms with E-state index in [9.17, 15) is 4.79 Å². The first kappa shape index (κ1) is 15.9. The Balaban J connectivity index is 1.28. The van der Waals surface area contributed by atoms with Gasteiger partial charge in [-0.05, 0) is 41.7 Å². The molecule has 128 valence electrons. The van der Waals surface area contributed by atoms with Crippen LogP contribution in [0, 0.1) is 6.92 Å².